The van der Waals surface area contributed by atoms with Gasteiger partial charge in [0.2, 0.25) is 0 Å². The monoisotopic (exact) mass is 415 g/mol. The Balaban J connectivity index is 1.72. The predicted octanol–water partition coefficient (Wildman–Crippen LogP) is 6.24. The lowest BCUT2D eigenvalue weighted by Gasteiger charge is -2.12. The molecule has 4 aromatic rings. The molecule has 5 heteroatoms. The van der Waals surface area contributed by atoms with Gasteiger partial charge in [0.15, 0.2) is 11.0 Å². The van der Waals surface area contributed by atoms with E-state index in [9.17, 15) is 0 Å². The first kappa shape index (κ1) is 20.2. The molecule has 0 atom stereocenters. The highest BCUT2D eigenvalue weighted by Gasteiger charge is 2.16. The van der Waals surface area contributed by atoms with E-state index in [2.05, 4.69) is 89.3 Å². The minimum atomic E-state index is 0.651. The Labute approximate surface area is 181 Å². The van der Waals surface area contributed by atoms with Crippen molar-refractivity contribution >= 4 is 11.8 Å². The molecule has 0 aliphatic rings. The van der Waals surface area contributed by atoms with Gasteiger partial charge in [-0.1, -0.05) is 65.4 Å². The first-order valence-corrected chi connectivity index (χ1v) is 11.1. The molecule has 0 bridgehead atoms. The summed E-state index contributed by atoms with van der Waals surface area (Å²) in [7, 11) is 0. The Bertz CT molecular complexity index is 1140. The highest BCUT2D eigenvalue weighted by atomic mass is 32.2. The van der Waals surface area contributed by atoms with E-state index in [-0.39, 0.29) is 0 Å². The van der Waals surface area contributed by atoms with Crippen molar-refractivity contribution in [3.63, 3.8) is 0 Å². The quantitative estimate of drug-likeness (QED) is 0.335. The molecule has 1 heterocycles. The van der Waals surface area contributed by atoms with Crippen LogP contribution in [0.5, 0.6) is 5.75 Å². The topological polar surface area (TPSA) is 39.9 Å². The maximum Gasteiger partial charge on any atom is 0.196 e. The van der Waals surface area contributed by atoms with E-state index in [1.165, 1.54) is 16.7 Å². The van der Waals surface area contributed by atoms with Gasteiger partial charge < -0.3 is 4.74 Å². The van der Waals surface area contributed by atoms with E-state index in [0.717, 1.165) is 33.7 Å². The lowest BCUT2D eigenvalue weighted by atomic mass is 10.1. The summed E-state index contributed by atoms with van der Waals surface area (Å²) in [4.78, 5) is 0. The Morgan fingerprint density at radius 2 is 1.60 bits per heavy atom. The minimum absolute atomic E-state index is 0.651. The molecule has 0 aliphatic carbocycles. The van der Waals surface area contributed by atoms with Crippen molar-refractivity contribution < 1.29 is 4.74 Å². The van der Waals surface area contributed by atoms with Gasteiger partial charge in [-0.2, -0.15) is 0 Å². The molecular weight excluding hydrogens is 390 g/mol. The standard InChI is InChI=1S/C25H25N3OS/c1-4-29-23-13-11-22(12-14-23)28-24(21-10-6-8-19(3)16-21)26-27-25(28)30-17-20-9-5-7-18(2)15-20/h5-16H,4,17H2,1-3H3. The van der Waals surface area contributed by atoms with Crippen molar-refractivity contribution in [3.05, 3.63) is 89.5 Å². The van der Waals surface area contributed by atoms with Crippen LogP contribution < -0.4 is 4.74 Å². The molecule has 0 fully saturated rings. The molecule has 0 spiro atoms. The first-order chi connectivity index (χ1) is 14.6. The maximum absolute atomic E-state index is 5.61. The summed E-state index contributed by atoms with van der Waals surface area (Å²) in [5.74, 6) is 2.54. The molecule has 0 unspecified atom stereocenters. The number of nitrogens with zero attached hydrogens (tertiary/aromatic N) is 3. The third-order valence-electron chi connectivity index (χ3n) is 4.77. The van der Waals surface area contributed by atoms with Crippen molar-refractivity contribution in [1.82, 2.24) is 14.8 Å². The zero-order chi connectivity index (χ0) is 20.9. The lowest BCUT2D eigenvalue weighted by Crippen LogP contribution is -2.00. The van der Waals surface area contributed by atoms with Gasteiger partial charge in [-0.15, -0.1) is 10.2 Å². The van der Waals surface area contributed by atoms with Crippen molar-refractivity contribution in [2.24, 2.45) is 0 Å². The molecule has 0 saturated carbocycles. The highest BCUT2D eigenvalue weighted by Crippen LogP contribution is 2.31. The van der Waals surface area contributed by atoms with Crippen LogP contribution in [0.4, 0.5) is 0 Å². The van der Waals surface area contributed by atoms with E-state index in [0.29, 0.717) is 6.61 Å². The van der Waals surface area contributed by atoms with Crippen molar-refractivity contribution in [3.8, 4) is 22.8 Å². The van der Waals surface area contributed by atoms with Crippen molar-refractivity contribution in [1.29, 1.82) is 0 Å². The summed E-state index contributed by atoms with van der Waals surface area (Å²) < 4.78 is 7.74. The molecular formula is C25H25N3OS. The zero-order valence-corrected chi connectivity index (χ0v) is 18.3. The smallest absolute Gasteiger partial charge is 0.196 e. The number of aryl methyl sites for hydroxylation is 2. The lowest BCUT2D eigenvalue weighted by molar-refractivity contribution is 0.340. The van der Waals surface area contributed by atoms with Gasteiger partial charge in [-0.25, -0.2) is 0 Å². The van der Waals surface area contributed by atoms with Crippen molar-refractivity contribution in [2.45, 2.75) is 31.7 Å². The van der Waals surface area contributed by atoms with Crippen LogP contribution in [0.2, 0.25) is 0 Å². The Hall–Kier alpha value is -3.05. The van der Waals surface area contributed by atoms with Crippen LogP contribution in [-0.4, -0.2) is 21.4 Å². The van der Waals surface area contributed by atoms with Gasteiger partial charge in [0.05, 0.1) is 6.61 Å². The molecule has 0 amide bonds. The molecule has 0 saturated heterocycles. The van der Waals surface area contributed by atoms with Crippen molar-refractivity contribution in [2.75, 3.05) is 6.61 Å². The predicted molar refractivity (Wildman–Crippen MR) is 123 cm³/mol. The Morgan fingerprint density at radius 1 is 0.867 bits per heavy atom. The Morgan fingerprint density at radius 3 is 2.30 bits per heavy atom. The number of benzene rings is 3. The number of aromatic nitrogens is 3. The number of rotatable bonds is 7. The summed E-state index contributed by atoms with van der Waals surface area (Å²) in [6.07, 6.45) is 0. The third-order valence-corrected chi connectivity index (χ3v) is 5.77. The molecule has 0 N–H and O–H groups in total. The van der Waals surface area contributed by atoms with E-state index >= 15 is 0 Å². The molecule has 1 aromatic heterocycles. The fourth-order valence-corrected chi connectivity index (χ4v) is 4.27. The van der Waals surface area contributed by atoms with Crippen LogP contribution in [-0.2, 0) is 5.75 Å². The van der Waals surface area contributed by atoms with Crippen LogP contribution in [0.25, 0.3) is 17.1 Å². The van der Waals surface area contributed by atoms with Crippen LogP contribution >= 0.6 is 11.8 Å². The van der Waals surface area contributed by atoms with E-state index < -0.39 is 0 Å². The van der Waals surface area contributed by atoms with Crippen LogP contribution in [0.15, 0.2) is 78.0 Å². The van der Waals surface area contributed by atoms with Gasteiger partial charge >= 0.3 is 0 Å². The molecule has 152 valence electrons. The summed E-state index contributed by atoms with van der Waals surface area (Å²) in [6, 6.07) is 25.1. The third kappa shape index (κ3) is 4.57. The molecule has 4 nitrogen and oxygen atoms in total. The summed E-state index contributed by atoms with van der Waals surface area (Å²) in [5, 5.41) is 9.97. The van der Waals surface area contributed by atoms with Crippen LogP contribution in [0.3, 0.4) is 0 Å². The fourth-order valence-electron chi connectivity index (χ4n) is 3.38. The molecule has 3 aromatic carbocycles. The van der Waals surface area contributed by atoms with E-state index in [1.807, 2.05) is 19.1 Å². The molecule has 30 heavy (non-hydrogen) atoms. The second-order valence-corrected chi connectivity index (χ2v) is 8.16. The molecule has 0 aliphatic heterocycles. The first-order valence-electron chi connectivity index (χ1n) is 10.1. The molecule has 4 rings (SSSR count). The van der Waals surface area contributed by atoms with Gasteiger partial charge in [0.1, 0.15) is 5.75 Å². The van der Waals surface area contributed by atoms with Gasteiger partial charge in [-0.3, -0.25) is 4.57 Å². The summed E-state index contributed by atoms with van der Waals surface area (Å²) >= 11 is 1.70. The van der Waals surface area contributed by atoms with Crippen LogP contribution in [0.1, 0.15) is 23.6 Å². The number of hydrogen-bond acceptors (Lipinski definition) is 4. The van der Waals surface area contributed by atoms with Gasteiger partial charge in [0, 0.05) is 17.0 Å². The normalized spacial score (nSPS) is 10.9. The van der Waals surface area contributed by atoms with Gasteiger partial charge in [-0.05, 0) is 56.7 Å². The maximum atomic E-state index is 5.61. The average Bonchev–Trinajstić information content (AvgIpc) is 3.17. The number of hydrogen-bond donors (Lipinski definition) is 0. The van der Waals surface area contributed by atoms with Crippen LogP contribution in [0, 0.1) is 13.8 Å². The SMILES string of the molecule is CCOc1ccc(-n2c(SCc3cccc(C)c3)nnc2-c2cccc(C)c2)cc1. The highest BCUT2D eigenvalue weighted by molar-refractivity contribution is 7.98. The second-order valence-electron chi connectivity index (χ2n) is 7.22. The average molecular weight is 416 g/mol. The number of thioether (sulfide) groups is 1. The van der Waals surface area contributed by atoms with E-state index in [4.69, 9.17) is 4.74 Å². The second kappa shape index (κ2) is 9.18. The minimum Gasteiger partial charge on any atom is -0.494 e. The summed E-state index contributed by atoms with van der Waals surface area (Å²) in [5.41, 5.74) is 5.81. The summed E-state index contributed by atoms with van der Waals surface area (Å²) in [6.45, 7) is 6.85. The Kier molecular flexibility index (Phi) is 6.19. The largest absolute Gasteiger partial charge is 0.494 e. The van der Waals surface area contributed by atoms with Gasteiger partial charge in [0.25, 0.3) is 0 Å². The van der Waals surface area contributed by atoms with E-state index in [1.54, 1.807) is 11.8 Å². The zero-order valence-electron chi connectivity index (χ0n) is 17.5. The molecule has 0 radical (unpaired) electrons. The fraction of sp³-hybridized carbons (Fsp3) is 0.200. The number of ether oxygens (including phenoxy) is 1.